The SMILES string of the molecule is O=C(c1cc2ccccc2o1)N1CCCC1C1CCCN1. The van der Waals surface area contributed by atoms with E-state index in [0.29, 0.717) is 17.8 Å². The van der Waals surface area contributed by atoms with Crippen LogP contribution in [0.2, 0.25) is 0 Å². The minimum absolute atomic E-state index is 0.0439. The van der Waals surface area contributed by atoms with Gasteiger partial charge in [0.2, 0.25) is 0 Å². The molecule has 2 saturated heterocycles. The third-order valence-electron chi connectivity index (χ3n) is 4.76. The first-order chi connectivity index (χ1) is 10.3. The first-order valence-corrected chi connectivity index (χ1v) is 7.86. The number of nitrogens with zero attached hydrogens (tertiary/aromatic N) is 1. The average Bonchev–Trinajstić information content (AvgIpc) is 3.23. The Morgan fingerprint density at radius 1 is 1.24 bits per heavy atom. The summed E-state index contributed by atoms with van der Waals surface area (Å²) in [6, 6.07) is 10.4. The van der Waals surface area contributed by atoms with Crippen molar-refractivity contribution in [1.29, 1.82) is 0 Å². The van der Waals surface area contributed by atoms with E-state index < -0.39 is 0 Å². The summed E-state index contributed by atoms with van der Waals surface area (Å²) in [6.07, 6.45) is 4.58. The second-order valence-corrected chi connectivity index (χ2v) is 6.06. The van der Waals surface area contributed by atoms with E-state index in [-0.39, 0.29) is 5.91 Å². The molecule has 0 aliphatic carbocycles. The number of carbonyl (C=O) groups is 1. The average molecular weight is 284 g/mol. The van der Waals surface area contributed by atoms with Gasteiger partial charge in [-0.15, -0.1) is 0 Å². The predicted molar refractivity (Wildman–Crippen MR) is 81.3 cm³/mol. The maximum atomic E-state index is 12.8. The third kappa shape index (κ3) is 2.23. The summed E-state index contributed by atoms with van der Waals surface area (Å²) in [4.78, 5) is 14.8. The summed E-state index contributed by atoms with van der Waals surface area (Å²) in [5, 5.41) is 4.53. The molecule has 1 aromatic carbocycles. The quantitative estimate of drug-likeness (QED) is 0.922. The van der Waals surface area contributed by atoms with Crippen LogP contribution in [-0.2, 0) is 0 Å². The van der Waals surface area contributed by atoms with Gasteiger partial charge in [-0.3, -0.25) is 4.79 Å². The van der Waals surface area contributed by atoms with Gasteiger partial charge in [-0.25, -0.2) is 0 Å². The third-order valence-corrected chi connectivity index (χ3v) is 4.76. The number of para-hydroxylation sites is 1. The molecule has 1 aromatic heterocycles. The van der Waals surface area contributed by atoms with Crippen LogP contribution in [0.5, 0.6) is 0 Å². The summed E-state index contributed by atoms with van der Waals surface area (Å²) >= 11 is 0. The number of benzene rings is 1. The molecule has 1 N–H and O–H groups in total. The lowest BCUT2D eigenvalue weighted by molar-refractivity contribution is 0.0681. The second-order valence-electron chi connectivity index (χ2n) is 6.06. The molecule has 2 atom stereocenters. The van der Waals surface area contributed by atoms with E-state index in [1.54, 1.807) is 0 Å². The Balaban J connectivity index is 1.60. The number of amides is 1. The smallest absolute Gasteiger partial charge is 0.289 e. The minimum atomic E-state index is 0.0439. The molecular formula is C17H20N2O2. The largest absolute Gasteiger partial charge is 0.451 e. The molecule has 2 aromatic rings. The topological polar surface area (TPSA) is 45.5 Å². The van der Waals surface area contributed by atoms with Gasteiger partial charge in [0.25, 0.3) is 5.91 Å². The van der Waals surface area contributed by atoms with Crippen LogP contribution in [0, 0.1) is 0 Å². The highest BCUT2D eigenvalue weighted by Gasteiger charge is 2.37. The highest BCUT2D eigenvalue weighted by molar-refractivity contribution is 5.96. The molecule has 110 valence electrons. The molecule has 2 fully saturated rings. The van der Waals surface area contributed by atoms with Crippen LogP contribution < -0.4 is 5.32 Å². The maximum Gasteiger partial charge on any atom is 0.289 e. The van der Waals surface area contributed by atoms with Crippen molar-refractivity contribution in [3.8, 4) is 0 Å². The Kier molecular flexibility index (Phi) is 3.19. The van der Waals surface area contributed by atoms with Crippen LogP contribution in [-0.4, -0.2) is 36.0 Å². The number of fused-ring (bicyclic) bond motifs is 1. The second kappa shape index (κ2) is 5.19. The Morgan fingerprint density at radius 2 is 2.14 bits per heavy atom. The van der Waals surface area contributed by atoms with Gasteiger partial charge < -0.3 is 14.6 Å². The first kappa shape index (κ1) is 12.9. The lowest BCUT2D eigenvalue weighted by atomic mass is 10.0. The van der Waals surface area contributed by atoms with Gasteiger partial charge in [0.15, 0.2) is 5.76 Å². The van der Waals surface area contributed by atoms with E-state index in [1.165, 1.54) is 12.8 Å². The molecule has 2 unspecified atom stereocenters. The molecular weight excluding hydrogens is 264 g/mol. The zero-order valence-corrected chi connectivity index (χ0v) is 12.0. The Labute approximate surface area is 124 Å². The molecule has 1 amide bonds. The monoisotopic (exact) mass is 284 g/mol. The molecule has 4 nitrogen and oxygen atoms in total. The Bertz CT molecular complexity index is 625. The number of hydrogen-bond donors (Lipinski definition) is 1. The molecule has 2 aliphatic rings. The highest BCUT2D eigenvalue weighted by Crippen LogP contribution is 2.28. The highest BCUT2D eigenvalue weighted by atomic mass is 16.3. The first-order valence-electron chi connectivity index (χ1n) is 7.86. The van der Waals surface area contributed by atoms with Crippen LogP contribution in [0.4, 0.5) is 0 Å². The van der Waals surface area contributed by atoms with E-state index in [2.05, 4.69) is 5.32 Å². The van der Waals surface area contributed by atoms with E-state index in [9.17, 15) is 4.79 Å². The predicted octanol–water partition coefficient (Wildman–Crippen LogP) is 2.79. The molecule has 0 radical (unpaired) electrons. The number of carbonyl (C=O) groups excluding carboxylic acids is 1. The van der Waals surface area contributed by atoms with Crippen molar-refractivity contribution in [2.45, 2.75) is 37.8 Å². The normalized spacial score (nSPS) is 25.8. The zero-order chi connectivity index (χ0) is 14.2. The van der Waals surface area contributed by atoms with Crippen LogP contribution in [0.3, 0.4) is 0 Å². The van der Waals surface area contributed by atoms with Crippen LogP contribution in [0.15, 0.2) is 34.7 Å². The fourth-order valence-corrected chi connectivity index (χ4v) is 3.73. The van der Waals surface area contributed by atoms with E-state index >= 15 is 0 Å². The van der Waals surface area contributed by atoms with Crippen molar-refractivity contribution in [2.75, 3.05) is 13.1 Å². The van der Waals surface area contributed by atoms with Crippen molar-refractivity contribution in [2.24, 2.45) is 0 Å². The van der Waals surface area contributed by atoms with Crippen molar-refractivity contribution in [1.82, 2.24) is 10.2 Å². The van der Waals surface area contributed by atoms with Crippen molar-refractivity contribution >= 4 is 16.9 Å². The number of likely N-dealkylation sites (tertiary alicyclic amines) is 1. The van der Waals surface area contributed by atoms with Gasteiger partial charge in [-0.2, -0.15) is 0 Å². The van der Waals surface area contributed by atoms with Gasteiger partial charge in [0, 0.05) is 24.0 Å². The summed E-state index contributed by atoms with van der Waals surface area (Å²) in [7, 11) is 0. The van der Waals surface area contributed by atoms with Crippen molar-refractivity contribution < 1.29 is 9.21 Å². The molecule has 4 heteroatoms. The molecule has 4 rings (SSSR count). The van der Waals surface area contributed by atoms with Crippen LogP contribution in [0.1, 0.15) is 36.2 Å². The summed E-state index contributed by atoms with van der Waals surface area (Å²) < 4.78 is 5.74. The van der Waals surface area contributed by atoms with Gasteiger partial charge >= 0.3 is 0 Å². The molecule has 0 saturated carbocycles. The maximum absolute atomic E-state index is 12.8. The Hall–Kier alpha value is -1.81. The number of rotatable bonds is 2. The standard InChI is InChI=1S/C17H20N2O2/c20-17(16-11-12-5-1-2-8-15(12)21-16)19-10-4-7-14(19)13-6-3-9-18-13/h1-2,5,8,11,13-14,18H,3-4,6-7,9-10H2. The zero-order valence-electron chi connectivity index (χ0n) is 12.0. The molecule has 21 heavy (non-hydrogen) atoms. The van der Waals surface area contributed by atoms with Gasteiger partial charge in [0.05, 0.1) is 0 Å². The number of hydrogen-bond acceptors (Lipinski definition) is 3. The van der Waals surface area contributed by atoms with E-state index in [0.717, 1.165) is 36.9 Å². The molecule has 0 bridgehead atoms. The number of nitrogens with one attached hydrogen (secondary N) is 1. The summed E-state index contributed by atoms with van der Waals surface area (Å²) in [5.74, 6) is 0.517. The Morgan fingerprint density at radius 3 is 2.95 bits per heavy atom. The lowest BCUT2D eigenvalue weighted by Gasteiger charge is -2.28. The van der Waals surface area contributed by atoms with Crippen LogP contribution >= 0.6 is 0 Å². The van der Waals surface area contributed by atoms with E-state index in [4.69, 9.17) is 4.42 Å². The fraction of sp³-hybridized carbons (Fsp3) is 0.471. The van der Waals surface area contributed by atoms with Crippen LogP contribution in [0.25, 0.3) is 11.0 Å². The lowest BCUT2D eigenvalue weighted by Crippen LogP contribution is -2.46. The van der Waals surface area contributed by atoms with Gasteiger partial charge in [-0.1, -0.05) is 18.2 Å². The minimum Gasteiger partial charge on any atom is -0.451 e. The number of furan rings is 1. The summed E-state index contributed by atoms with van der Waals surface area (Å²) in [6.45, 7) is 1.92. The molecule has 3 heterocycles. The van der Waals surface area contributed by atoms with Crippen molar-refractivity contribution in [3.63, 3.8) is 0 Å². The molecule has 2 aliphatic heterocycles. The van der Waals surface area contributed by atoms with Gasteiger partial charge in [0.1, 0.15) is 5.58 Å². The van der Waals surface area contributed by atoms with E-state index in [1.807, 2.05) is 35.2 Å². The van der Waals surface area contributed by atoms with Crippen molar-refractivity contribution in [3.05, 3.63) is 36.1 Å². The summed E-state index contributed by atoms with van der Waals surface area (Å²) in [5.41, 5.74) is 0.788. The molecule has 0 spiro atoms. The fourth-order valence-electron chi connectivity index (χ4n) is 3.73. The van der Waals surface area contributed by atoms with Gasteiger partial charge in [-0.05, 0) is 44.4 Å².